The summed E-state index contributed by atoms with van der Waals surface area (Å²) in [6, 6.07) is 2.87. The Balaban J connectivity index is 1.34. The third-order valence-corrected chi connectivity index (χ3v) is 6.30. The van der Waals surface area contributed by atoms with Gasteiger partial charge >= 0.3 is 6.09 Å². The molecule has 3 atom stereocenters. The summed E-state index contributed by atoms with van der Waals surface area (Å²) in [5.41, 5.74) is 2.53. The lowest BCUT2D eigenvalue weighted by Gasteiger charge is -2.28. The van der Waals surface area contributed by atoms with Gasteiger partial charge in [-0.15, -0.1) is 5.10 Å². The predicted molar refractivity (Wildman–Crippen MR) is 113 cm³/mol. The van der Waals surface area contributed by atoms with E-state index >= 15 is 4.39 Å². The first kappa shape index (κ1) is 21.2. The van der Waals surface area contributed by atoms with Crippen LogP contribution in [0.1, 0.15) is 17.5 Å². The normalized spacial score (nSPS) is 22.5. The number of fused-ring (bicyclic) bond motifs is 3. The van der Waals surface area contributed by atoms with Crippen LogP contribution in [0.4, 0.5) is 14.9 Å². The van der Waals surface area contributed by atoms with Gasteiger partial charge < -0.3 is 14.7 Å². The van der Waals surface area contributed by atoms with Crippen LogP contribution in [0.5, 0.6) is 0 Å². The molecule has 0 radical (unpaired) electrons. The van der Waals surface area contributed by atoms with Crippen LogP contribution in [-0.4, -0.2) is 74.9 Å². The van der Waals surface area contributed by atoms with E-state index in [1.807, 2.05) is 0 Å². The third kappa shape index (κ3) is 3.75. The van der Waals surface area contributed by atoms with E-state index in [0.29, 0.717) is 30.6 Å². The Morgan fingerprint density at radius 1 is 1.39 bits per heavy atom. The van der Waals surface area contributed by atoms with Crippen molar-refractivity contribution in [3.63, 3.8) is 0 Å². The van der Waals surface area contributed by atoms with Crippen LogP contribution in [0.25, 0.3) is 5.57 Å². The number of carbonyl (C=O) groups is 2. The smallest absolute Gasteiger partial charge is 0.415 e. The van der Waals surface area contributed by atoms with Crippen LogP contribution < -0.4 is 4.90 Å². The van der Waals surface area contributed by atoms with Crippen LogP contribution in [0.2, 0.25) is 0 Å². The molecule has 3 aliphatic rings. The minimum atomic E-state index is -1.46. The number of cyclic esters (lactones) is 1. The molecular weight excluding hydrogens is 435 g/mol. The number of amides is 2. The van der Waals surface area contributed by atoms with Crippen LogP contribution in [-0.2, 0) is 22.5 Å². The van der Waals surface area contributed by atoms with Crippen molar-refractivity contribution in [1.82, 2.24) is 19.9 Å². The number of hydrogen-bond acceptors (Lipinski definition) is 8. The van der Waals surface area contributed by atoms with Crippen molar-refractivity contribution in [2.75, 3.05) is 24.5 Å². The number of benzene rings is 1. The molecule has 1 N–H and O–H groups in total. The number of ether oxygens (including phenoxy) is 1. The van der Waals surface area contributed by atoms with E-state index in [-0.39, 0.29) is 19.1 Å². The highest BCUT2D eigenvalue weighted by Crippen LogP contribution is 2.41. The first-order chi connectivity index (χ1) is 16.0. The van der Waals surface area contributed by atoms with E-state index in [0.717, 1.165) is 11.1 Å². The van der Waals surface area contributed by atoms with E-state index in [2.05, 4.69) is 15.5 Å². The largest absolute Gasteiger partial charge is 0.442 e. The van der Waals surface area contributed by atoms with Crippen molar-refractivity contribution < 1.29 is 23.8 Å². The van der Waals surface area contributed by atoms with Crippen LogP contribution in [0, 0.1) is 10.7 Å². The van der Waals surface area contributed by atoms with Crippen LogP contribution in [0.3, 0.4) is 0 Å². The summed E-state index contributed by atoms with van der Waals surface area (Å²) >= 11 is 0. The average Bonchev–Trinajstić information content (AvgIpc) is 3.51. The Morgan fingerprint density at radius 3 is 2.94 bits per heavy atom. The third-order valence-electron chi connectivity index (χ3n) is 6.30. The van der Waals surface area contributed by atoms with Gasteiger partial charge in [-0.05, 0) is 36.1 Å². The molecule has 12 heteroatoms. The van der Waals surface area contributed by atoms with Crippen molar-refractivity contribution in [3.8, 4) is 0 Å². The minimum Gasteiger partial charge on any atom is -0.442 e. The minimum absolute atomic E-state index is 0.196. The molecule has 4 heterocycles. The molecule has 0 spiro atoms. The number of hydrogen-bond donors (Lipinski definition) is 1. The fraction of sp³-hybridized carbons (Fsp3) is 0.429. The molecule has 3 aliphatic heterocycles. The maximum atomic E-state index is 15.1. The fourth-order valence-corrected chi connectivity index (χ4v) is 4.68. The second kappa shape index (κ2) is 8.35. The number of nitrogens with zero attached hydrogens (tertiary/aromatic N) is 6. The molecule has 2 aromatic rings. The SMILES string of the molecule is O=NCC(O)C(=O)N1CC=C(c2cc3c(cc2F)N2C(=O)OC(Cn4ccnn4)[C@@H]2C3)CC1. The van der Waals surface area contributed by atoms with Gasteiger partial charge in [0, 0.05) is 24.8 Å². The quantitative estimate of drug-likeness (QED) is 0.645. The molecule has 1 saturated heterocycles. The van der Waals surface area contributed by atoms with Gasteiger partial charge in [0.25, 0.3) is 5.91 Å². The number of aromatic nitrogens is 3. The summed E-state index contributed by atoms with van der Waals surface area (Å²) in [5.74, 6) is -1.03. The summed E-state index contributed by atoms with van der Waals surface area (Å²) in [6.07, 6.45) is 3.49. The van der Waals surface area contributed by atoms with E-state index < -0.39 is 36.6 Å². The second-order valence-electron chi connectivity index (χ2n) is 8.24. The molecule has 5 rings (SSSR count). The van der Waals surface area contributed by atoms with Gasteiger partial charge in [-0.2, -0.15) is 4.91 Å². The molecule has 172 valence electrons. The standard InChI is InChI=1S/C21H21FN6O5/c22-15-9-16-13(8-17-19(33-21(31)28(16)17)11-27-6-3-23-25-27)7-14(15)12-1-4-26(5-2-12)20(30)18(29)10-24-32/h1,3,6-7,9,17-19,29H,2,4-5,8,10-11H2/t17-,18?,19?/m0/s1. The molecule has 1 fully saturated rings. The molecule has 11 nitrogen and oxygen atoms in total. The second-order valence-corrected chi connectivity index (χ2v) is 8.24. The highest BCUT2D eigenvalue weighted by atomic mass is 19.1. The molecule has 0 aliphatic carbocycles. The van der Waals surface area contributed by atoms with Crippen molar-refractivity contribution in [2.24, 2.45) is 5.18 Å². The Hall–Kier alpha value is -3.67. The van der Waals surface area contributed by atoms with Crippen molar-refractivity contribution in [3.05, 3.63) is 52.5 Å². The van der Waals surface area contributed by atoms with E-state index in [1.54, 1.807) is 29.2 Å². The number of anilines is 1. The molecule has 2 amide bonds. The maximum absolute atomic E-state index is 15.1. The highest BCUT2D eigenvalue weighted by Gasteiger charge is 2.48. The Kier molecular flexibility index (Phi) is 5.36. The summed E-state index contributed by atoms with van der Waals surface area (Å²) in [6.45, 7) is 0.347. The molecule has 33 heavy (non-hydrogen) atoms. The van der Waals surface area contributed by atoms with E-state index in [9.17, 15) is 19.6 Å². The van der Waals surface area contributed by atoms with Gasteiger partial charge in [0.05, 0.1) is 24.5 Å². The van der Waals surface area contributed by atoms with E-state index in [4.69, 9.17) is 4.74 Å². The molecule has 1 aromatic carbocycles. The zero-order valence-electron chi connectivity index (χ0n) is 17.5. The summed E-state index contributed by atoms with van der Waals surface area (Å²) in [4.78, 5) is 37.8. The van der Waals surface area contributed by atoms with Gasteiger partial charge in [-0.25, -0.2) is 13.9 Å². The summed E-state index contributed by atoms with van der Waals surface area (Å²) in [7, 11) is 0. The molecule has 0 bridgehead atoms. The van der Waals surface area contributed by atoms with Crippen LogP contribution in [0.15, 0.2) is 35.8 Å². The van der Waals surface area contributed by atoms with Gasteiger partial charge in [0.2, 0.25) is 0 Å². The van der Waals surface area contributed by atoms with Crippen LogP contribution >= 0.6 is 0 Å². The van der Waals surface area contributed by atoms with Crippen molar-refractivity contribution in [2.45, 2.75) is 37.6 Å². The van der Waals surface area contributed by atoms with Gasteiger partial charge in [0.15, 0.2) is 6.10 Å². The lowest BCUT2D eigenvalue weighted by atomic mass is 9.95. The van der Waals surface area contributed by atoms with E-state index in [1.165, 1.54) is 15.9 Å². The first-order valence-corrected chi connectivity index (χ1v) is 10.6. The molecule has 0 saturated carbocycles. The number of aliphatic hydroxyl groups is 1. The molecule has 2 unspecified atom stereocenters. The molecular formula is C21H21FN6O5. The van der Waals surface area contributed by atoms with Crippen molar-refractivity contribution in [1.29, 1.82) is 0 Å². The Bertz CT molecular complexity index is 1140. The molecule has 1 aromatic heterocycles. The number of nitroso groups, excluding NO2 is 1. The first-order valence-electron chi connectivity index (χ1n) is 10.6. The zero-order valence-corrected chi connectivity index (χ0v) is 17.5. The topological polar surface area (TPSA) is 130 Å². The van der Waals surface area contributed by atoms with Gasteiger partial charge in [-0.3, -0.25) is 9.69 Å². The Morgan fingerprint density at radius 2 is 2.24 bits per heavy atom. The number of aliphatic hydroxyl groups excluding tert-OH is 1. The number of halogens is 1. The number of carbonyl (C=O) groups excluding carboxylic acids is 2. The fourth-order valence-electron chi connectivity index (χ4n) is 4.68. The predicted octanol–water partition coefficient (Wildman–Crippen LogP) is 1.11. The summed E-state index contributed by atoms with van der Waals surface area (Å²) < 4.78 is 22.2. The lowest BCUT2D eigenvalue weighted by molar-refractivity contribution is -0.139. The zero-order chi connectivity index (χ0) is 23.1. The maximum Gasteiger partial charge on any atom is 0.415 e. The van der Waals surface area contributed by atoms with Gasteiger partial charge in [-0.1, -0.05) is 16.5 Å². The summed E-state index contributed by atoms with van der Waals surface area (Å²) in [5, 5.41) is 19.9. The Labute approximate surface area is 187 Å². The average molecular weight is 456 g/mol. The van der Waals surface area contributed by atoms with Gasteiger partial charge in [0.1, 0.15) is 18.5 Å². The monoisotopic (exact) mass is 456 g/mol. The number of rotatable bonds is 6. The lowest BCUT2D eigenvalue weighted by Crippen LogP contribution is -2.42. The van der Waals surface area contributed by atoms with Crippen molar-refractivity contribution >= 4 is 23.3 Å². The highest BCUT2D eigenvalue weighted by molar-refractivity contribution is 5.94.